The van der Waals surface area contributed by atoms with Gasteiger partial charge in [-0.2, -0.15) is 4.98 Å². The van der Waals surface area contributed by atoms with Gasteiger partial charge in [-0.1, -0.05) is 11.6 Å². The fraction of sp³-hybridized carbons (Fsp3) is 0.364. The van der Waals surface area contributed by atoms with Gasteiger partial charge in [0.25, 0.3) is 5.56 Å². The standard InChI is InChI=1S/C22H22N4O3S/c1-2-28-15-10-8-14(9-11-15)20-24-18(29-25-20)12-26-13-23-21-19(22(26)27)16-6-4-3-5-7-17(16)30-21/h8-11,13H,2-7,12H2,1H3. The average molecular weight is 423 g/mol. The Bertz CT molecular complexity index is 1240. The predicted molar refractivity (Wildman–Crippen MR) is 115 cm³/mol. The van der Waals surface area contributed by atoms with Crippen molar-refractivity contribution in [2.75, 3.05) is 6.61 Å². The van der Waals surface area contributed by atoms with Gasteiger partial charge in [0.05, 0.1) is 18.3 Å². The van der Waals surface area contributed by atoms with E-state index in [1.807, 2.05) is 31.2 Å². The number of nitrogens with zero attached hydrogens (tertiary/aromatic N) is 4. The molecule has 0 spiro atoms. The van der Waals surface area contributed by atoms with E-state index in [0.29, 0.717) is 18.3 Å². The molecule has 0 saturated carbocycles. The summed E-state index contributed by atoms with van der Waals surface area (Å²) in [6.07, 6.45) is 7.12. The van der Waals surface area contributed by atoms with Gasteiger partial charge in [0.1, 0.15) is 17.1 Å². The summed E-state index contributed by atoms with van der Waals surface area (Å²) in [5.74, 6) is 1.66. The molecule has 7 nitrogen and oxygen atoms in total. The summed E-state index contributed by atoms with van der Waals surface area (Å²) in [4.78, 5) is 24.3. The van der Waals surface area contributed by atoms with Crippen LogP contribution in [0.2, 0.25) is 0 Å². The minimum atomic E-state index is -0.0276. The number of thiophene rings is 1. The number of benzene rings is 1. The van der Waals surface area contributed by atoms with Crippen molar-refractivity contribution in [3.63, 3.8) is 0 Å². The molecule has 8 heteroatoms. The van der Waals surface area contributed by atoms with Crippen LogP contribution in [0.25, 0.3) is 21.6 Å². The summed E-state index contributed by atoms with van der Waals surface area (Å²) in [7, 11) is 0. The Labute approximate surface area is 177 Å². The summed E-state index contributed by atoms with van der Waals surface area (Å²) < 4.78 is 12.4. The fourth-order valence-corrected chi connectivity index (χ4v) is 5.14. The third-order valence-electron chi connectivity index (χ3n) is 5.39. The molecule has 0 atom stereocenters. The Morgan fingerprint density at radius 2 is 2.00 bits per heavy atom. The molecule has 0 saturated heterocycles. The third kappa shape index (κ3) is 3.52. The van der Waals surface area contributed by atoms with Gasteiger partial charge < -0.3 is 9.26 Å². The van der Waals surface area contributed by atoms with E-state index in [-0.39, 0.29) is 12.1 Å². The number of rotatable bonds is 5. The molecule has 3 heterocycles. The number of fused-ring (bicyclic) bond motifs is 3. The topological polar surface area (TPSA) is 83.0 Å². The molecule has 0 N–H and O–H groups in total. The van der Waals surface area contributed by atoms with E-state index in [9.17, 15) is 4.79 Å². The maximum atomic E-state index is 13.2. The Balaban J connectivity index is 1.43. The molecule has 5 rings (SSSR count). The van der Waals surface area contributed by atoms with Gasteiger partial charge in [-0.25, -0.2) is 4.98 Å². The molecule has 0 aliphatic heterocycles. The molecule has 0 bridgehead atoms. The van der Waals surface area contributed by atoms with Crippen LogP contribution in [0.4, 0.5) is 0 Å². The van der Waals surface area contributed by atoms with Crippen LogP contribution in [-0.4, -0.2) is 26.3 Å². The van der Waals surface area contributed by atoms with E-state index in [1.165, 1.54) is 23.3 Å². The van der Waals surface area contributed by atoms with Gasteiger partial charge >= 0.3 is 0 Å². The highest BCUT2D eigenvalue weighted by molar-refractivity contribution is 7.18. The minimum Gasteiger partial charge on any atom is -0.494 e. The molecule has 1 aliphatic carbocycles. The lowest BCUT2D eigenvalue weighted by Gasteiger charge is -2.03. The van der Waals surface area contributed by atoms with Crippen molar-refractivity contribution in [3.8, 4) is 17.1 Å². The minimum absolute atomic E-state index is 0.0276. The van der Waals surface area contributed by atoms with E-state index < -0.39 is 0 Å². The molecule has 0 unspecified atom stereocenters. The van der Waals surface area contributed by atoms with Crippen LogP contribution in [0, 0.1) is 0 Å². The number of aromatic nitrogens is 4. The van der Waals surface area contributed by atoms with E-state index >= 15 is 0 Å². The molecule has 0 amide bonds. The zero-order valence-corrected chi connectivity index (χ0v) is 17.6. The SMILES string of the molecule is CCOc1ccc(-c2noc(Cn3cnc4sc5c(c4c3=O)CCCCC5)n2)cc1. The Morgan fingerprint density at radius 1 is 1.17 bits per heavy atom. The first-order valence-electron chi connectivity index (χ1n) is 10.3. The van der Waals surface area contributed by atoms with Crippen molar-refractivity contribution in [2.24, 2.45) is 0 Å². The smallest absolute Gasteiger partial charge is 0.262 e. The van der Waals surface area contributed by atoms with Gasteiger partial charge in [0.2, 0.25) is 11.7 Å². The van der Waals surface area contributed by atoms with Crippen LogP contribution in [0.3, 0.4) is 0 Å². The zero-order chi connectivity index (χ0) is 20.5. The van der Waals surface area contributed by atoms with Crippen molar-refractivity contribution < 1.29 is 9.26 Å². The highest BCUT2D eigenvalue weighted by Gasteiger charge is 2.20. The van der Waals surface area contributed by atoms with Crippen LogP contribution < -0.4 is 10.3 Å². The van der Waals surface area contributed by atoms with Crippen molar-refractivity contribution in [1.29, 1.82) is 0 Å². The second kappa shape index (κ2) is 8.02. The Hall–Kier alpha value is -3.00. The summed E-state index contributed by atoms with van der Waals surface area (Å²) >= 11 is 1.66. The molecule has 3 aromatic heterocycles. The lowest BCUT2D eigenvalue weighted by Crippen LogP contribution is -2.21. The molecule has 154 valence electrons. The molecular weight excluding hydrogens is 400 g/mol. The lowest BCUT2D eigenvalue weighted by atomic mass is 10.1. The molecular formula is C22H22N4O3S. The molecule has 0 fully saturated rings. The quantitative estimate of drug-likeness (QED) is 0.448. The zero-order valence-electron chi connectivity index (χ0n) is 16.8. The summed E-state index contributed by atoms with van der Waals surface area (Å²) in [5.41, 5.74) is 2.00. The lowest BCUT2D eigenvalue weighted by molar-refractivity contribution is 0.340. The maximum absolute atomic E-state index is 13.2. The van der Waals surface area contributed by atoms with E-state index in [4.69, 9.17) is 9.26 Å². The van der Waals surface area contributed by atoms with Crippen molar-refractivity contribution in [1.82, 2.24) is 19.7 Å². The van der Waals surface area contributed by atoms with Crippen LogP contribution in [0.15, 0.2) is 39.9 Å². The monoisotopic (exact) mass is 422 g/mol. The van der Waals surface area contributed by atoms with Gasteiger partial charge in [-0.15, -0.1) is 11.3 Å². The number of ether oxygens (including phenoxy) is 1. The molecule has 4 aromatic rings. The average Bonchev–Trinajstić information content (AvgIpc) is 3.29. The van der Waals surface area contributed by atoms with Crippen molar-refractivity contribution in [3.05, 3.63) is 57.3 Å². The highest BCUT2D eigenvalue weighted by Crippen LogP contribution is 2.32. The first-order valence-corrected chi connectivity index (χ1v) is 11.1. The normalized spacial score (nSPS) is 13.9. The molecule has 30 heavy (non-hydrogen) atoms. The van der Waals surface area contributed by atoms with Crippen LogP contribution in [0.5, 0.6) is 5.75 Å². The van der Waals surface area contributed by atoms with Gasteiger partial charge in [0, 0.05) is 10.4 Å². The molecule has 1 aliphatic rings. The second-order valence-corrected chi connectivity index (χ2v) is 8.47. The third-order valence-corrected chi connectivity index (χ3v) is 6.59. The summed E-state index contributed by atoms with van der Waals surface area (Å²) in [6.45, 7) is 2.77. The van der Waals surface area contributed by atoms with Crippen molar-refractivity contribution in [2.45, 2.75) is 45.6 Å². The Morgan fingerprint density at radius 3 is 2.83 bits per heavy atom. The number of aryl methyl sites for hydroxylation is 2. The summed E-state index contributed by atoms with van der Waals surface area (Å²) in [5, 5.41) is 4.83. The largest absolute Gasteiger partial charge is 0.494 e. The summed E-state index contributed by atoms with van der Waals surface area (Å²) in [6, 6.07) is 7.53. The van der Waals surface area contributed by atoms with Gasteiger partial charge in [0.15, 0.2) is 0 Å². The molecule has 0 radical (unpaired) electrons. The maximum Gasteiger partial charge on any atom is 0.262 e. The number of hydrogen-bond donors (Lipinski definition) is 0. The van der Waals surface area contributed by atoms with Crippen LogP contribution in [0.1, 0.15) is 42.5 Å². The van der Waals surface area contributed by atoms with Gasteiger partial charge in [-0.05, 0) is 62.4 Å². The van der Waals surface area contributed by atoms with Crippen LogP contribution >= 0.6 is 11.3 Å². The van der Waals surface area contributed by atoms with Gasteiger partial charge in [-0.3, -0.25) is 9.36 Å². The van der Waals surface area contributed by atoms with E-state index in [2.05, 4.69) is 15.1 Å². The first kappa shape index (κ1) is 19.0. The van der Waals surface area contributed by atoms with E-state index in [1.54, 1.807) is 22.2 Å². The predicted octanol–water partition coefficient (Wildman–Crippen LogP) is 4.22. The highest BCUT2D eigenvalue weighted by atomic mass is 32.1. The number of hydrogen-bond acceptors (Lipinski definition) is 7. The van der Waals surface area contributed by atoms with Crippen molar-refractivity contribution >= 4 is 21.6 Å². The van der Waals surface area contributed by atoms with E-state index in [0.717, 1.165) is 40.8 Å². The van der Waals surface area contributed by atoms with Crippen LogP contribution in [-0.2, 0) is 19.4 Å². The Kier molecular flexibility index (Phi) is 5.08. The second-order valence-electron chi connectivity index (χ2n) is 7.39. The first-order chi connectivity index (χ1) is 14.7. The fourth-order valence-electron chi connectivity index (χ4n) is 3.92. The molecule has 1 aromatic carbocycles.